The van der Waals surface area contributed by atoms with Crippen LogP contribution in [0.4, 0.5) is 11.4 Å². The molecule has 0 aromatic heterocycles. The van der Waals surface area contributed by atoms with Crippen molar-refractivity contribution in [2.45, 2.75) is 37.7 Å². The Morgan fingerprint density at radius 2 is 1.86 bits per heavy atom. The fourth-order valence-electron chi connectivity index (χ4n) is 5.24. The van der Waals surface area contributed by atoms with E-state index < -0.39 is 16.1 Å². The summed E-state index contributed by atoms with van der Waals surface area (Å²) in [6.45, 7) is 6.39. The van der Waals surface area contributed by atoms with Crippen LogP contribution in [0.15, 0.2) is 41.3 Å². The van der Waals surface area contributed by atoms with Gasteiger partial charge in [0.25, 0.3) is 5.91 Å². The van der Waals surface area contributed by atoms with Crippen LogP contribution >= 0.6 is 11.6 Å². The molecule has 2 aromatic carbocycles. The molecule has 0 aliphatic carbocycles. The zero-order valence-electron chi connectivity index (χ0n) is 20.9. The molecule has 2 unspecified atom stereocenters. The Labute approximate surface area is 222 Å². The highest BCUT2D eigenvalue weighted by Crippen LogP contribution is 2.36. The number of benzene rings is 2. The number of carbonyl (C=O) groups is 2. The molecule has 3 heterocycles. The van der Waals surface area contributed by atoms with Crippen LogP contribution in [0.1, 0.15) is 25.3 Å². The summed E-state index contributed by atoms with van der Waals surface area (Å²) in [4.78, 5) is 29.5. The van der Waals surface area contributed by atoms with E-state index in [-0.39, 0.29) is 29.2 Å². The van der Waals surface area contributed by atoms with Gasteiger partial charge in [0.15, 0.2) is 6.10 Å². The lowest BCUT2D eigenvalue weighted by Gasteiger charge is -2.39. The van der Waals surface area contributed by atoms with Crippen molar-refractivity contribution in [3.8, 4) is 5.75 Å². The van der Waals surface area contributed by atoms with Crippen LogP contribution < -0.4 is 15.0 Å². The molecular weight excluding hydrogens is 516 g/mol. The van der Waals surface area contributed by atoms with Crippen molar-refractivity contribution in [1.29, 1.82) is 0 Å². The Bertz CT molecular complexity index is 1330. The highest BCUT2D eigenvalue weighted by molar-refractivity contribution is 7.89. The molecule has 3 aliphatic heterocycles. The van der Waals surface area contributed by atoms with Crippen molar-refractivity contribution in [3.63, 3.8) is 0 Å². The number of rotatable bonds is 4. The van der Waals surface area contributed by atoms with Gasteiger partial charge in [0.05, 0.1) is 16.5 Å². The summed E-state index contributed by atoms with van der Waals surface area (Å²) in [6.07, 6.45) is 0.572. The minimum atomic E-state index is -3.85. The molecule has 0 saturated carbocycles. The second kappa shape index (κ2) is 10.2. The number of piperidine rings is 1. The predicted molar refractivity (Wildman–Crippen MR) is 142 cm³/mol. The van der Waals surface area contributed by atoms with Gasteiger partial charge in [-0.15, -0.1) is 0 Å². The molecule has 0 radical (unpaired) electrons. The molecule has 2 fully saturated rings. The van der Waals surface area contributed by atoms with Gasteiger partial charge in [0.2, 0.25) is 15.9 Å². The average Bonchev–Trinajstić information content (AvgIpc) is 2.89. The van der Waals surface area contributed by atoms with E-state index in [0.717, 1.165) is 5.69 Å². The zero-order chi connectivity index (χ0) is 26.3. The van der Waals surface area contributed by atoms with Crippen molar-refractivity contribution in [1.82, 2.24) is 9.21 Å². The van der Waals surface area contributed by atoms with Crippen LogP contribution in [0.5, 0.6) is 5.75 Å². The first-order valence-corrected chi connectivity index (χ1v) is 14.4. The van der Waals surface area contributed by atoms with Gasteiger partial charge in [-0.2, -0.15) is 4.31 Å². The first-order valence-electron chi connectivity index (χ1n) is 12.5. The van der Waals surface area contributed by atoms with Gasteiger partial charge in [0.1, 0.15) is 5.75 Å². The number of fused-ring (bicyclic) bond motifs is 1. The molecule has 2 saturated heterocycles. The largest absolute Gasteiger partial charge is 0.479 e. The maximum absolute atomic E-state index is 13.7. The lowest BCUT2D eigenvalue weighted by atomic mass is 9.97. The van der Waals surface area contributed by atoms with Crippen LogP contribution in [0, 0.1) is 12.8 Å². The van der Waals surface area contributed by atoms with Crippen molar-refractivity contribution in [2.75, 3.05) is 49.5 Å². The van der Waals surface area contributed by atoms with Crippen molar-refractivity contribution in [3.05, 3.63) is 47.0 Å². The molecule has 2 atom stereocenters. The Kier molecular flexibility index (Phi) is 7.08. The monoisotopic (exact) mass is 546 g/mol. The van der Waals surface area contributed by atoms with Crippen molar-refractivity contribution in [2.24, 2.45) is 5.92 Å². The summed E-state index contributed by atoms with van der Waals surface area (Å²) in [5, 5.41) is 3.43. The lowest BCUT2D eigenvalue weighted by Crippen LogP contribution is -2.53. The van der Waals surface area contributed by atoms with Gasteiger partial charge in [-0.05, 0) is 56.5 Å². The van der Waals surface area contributed by atoms with Crippen LogP contribution in [0.3, 0.4) is 0 Å². The summed E-state index contributed by atoms with van der Waals surface area (Å²) in [5.74, 6) is -0.311. The fraction of sp³-hybridized carbons (Fsp3) is 0.462. The number of piperazine rings is 1. The number of ether oxygens (including phenoxy) is 1. The zero-order valence-corrected chi connectivity index (χ0v) is 22.5. The third-order valence-corrected chi connectivity index (χ3v) is 9.57. The van der Waals surface area contributed by atoms with Gasteiger partial charge >= 0.3 is 0 Å². The first kappa shape index (κ1) is 25.8. The number of amides is 2. The summed E-state index contributed by atoms with van der Waals surface area (Å²) < 4.78 is 34.4. The van der Waals surface area contributed by atoms with E-state index in [1.54, 1.807) is 19.9 Å². The van der Waals surface area contributed by atoms with Crippen LogP contribution in [0.25, 0.3) is 0 Å². The van der Waals surface area contributed by atoms with E-state index in [2.05, 4.69) is 10.2 Å². The number of carbonyl (C=O) groups excluding carboxylic acids is 2. The Balaban J connectivity index is 1.27. The third kappa shape index (κ3) is 5.15. The maximum Gasteiger partial charge on any atom is 0.265 e. The first-order chi connectivity index (χ1) is 17.6. The summed E-state index contributed by atoms with van der Waals surface area (Å²) in [6, 6.07) is 10.8. The molecule has 37 heavy (non-hydrogen) atoms. The molecular formula is C26H31ClN4O5S. The number of aryl methyl sites for hydroxylation is 1. The van der Waals surface area contributed by atoms with E-state index in [1.165, 1.54) is 10.4 Å². The van der Waals surface area contributed by atoms with E-state index in [4.69, 9.17) is 16.3 Å². The smallest absolute Gasteiger partial charge is 0.265 e. The van der Waals surface area contributed by atoms with E-state index in [9.17, 15) is 18.0 Å². The SMILES string of the molecule is Cc1cc2c(cc1S(=O)(=O)N1CCCC(C(=O)N3CCN(c4cccc(Cl)c4)CC3)C1)OC(C)C(=O)N2. The highest BCUT2D eigenvalue weighted by Gasteiger charge is 2.37. The fourth-order valence-corrected chi connectivity index (χ4v) is 7.17. The minimum absolute atomic E-state index is 0.00711. The molecule has 0 bridgehead atoms. The van der Waals surface area contributed by atoms with Gasteiger partial charge in [-0.3, -0.25) is 9.59 Å². The molecule has 11 heteroatoms. The minimum Gasteiger partial charge on any atom is -0.479 e. The second-order valence-corrected chi connectivity index (χ2v) is 12.2. The van der Waals surface area contributed by atoms with Crippen LogP contribution in [-0.2, 0) is 19.6 Å². The van der Waals surface area contributed by atoms with E-state index in [0.29, 0.717) is 67.6 Å². The Morgan fingerprint density at radius 3 is 2.59 bits per heavy atom. The highest BCUT2D eigenvalue weighted by atomic mass is 35.5. The lowest BCUT2D eigenvalue weighted by molar-refractivity contribution is -0.137. The quantitative estimate of drug-likeness (QED) is 0.632. The molecule has 3 aliphatic rings. The van der Waals surface area contributed by atoms with Crippen molar-refractivity contribution >= 4 is 44.8 Å². The topological polar surface area (TPSA) is 99.3 Å². The Morgan fingerprint density at radius 1 is 1.11 bits per heavy atom. The van der Waals surface area contributed by atoms with Crippen molar-refractivity contribution < 1.29 is 22.7 Å². The normalized spacial score (nSPS) is 22.7. The van der Waals surface area contributed by atoms with Gasteiger partial charge in [-0.25, -0.2) is 8.42 Å². The molecule has 9 nitrogen and oxygen atoms in total. The maximum atomic E-state index is 13.7. The van der Waals surface area contributed by atoms with Gasteiger partial charge in [0, 0.05) is 56.0 Å². The number of hydrogen-bond acceptors (Lipinski definition) is 6. The number of nitrogens with one attached hydrogen (secondary N) is 1. The van der Waals surface area contributed by atoms with Gasteiger partial charge in [-0.1, -0.05) is 17.7 Å². The number of nitrogens with zero attached hydrogens (tertiary/aromatic N) is 3. The molecule has 198 valence electrons. The summed E-state index contributed by atoms with van der Waals surface area (Å²) >= 11 is 6.13. The molecule has 2 aromatic rings. The van der Waals surface area contributed by atoms with Crippen LogP contribution in [-0.4, -0.2) is 74.8 Å². The molecule has 5 rings (SSSR count). The summed E-state index contributed by atoms with van der Waals surface area (Å²) in [7, 11) is -3.85. The number of halogens is 1. The standard InChI is InChI=1S/C26H31ClN4O5S/c1-17-13-22-23(36-18(2)25(32)28-22)15-24(17)37(34,35)31-8-4-5-19(16-31)26(33)30-11-9-29(10-12-30)21-7-3-6-20(27)14-21/h3,6-7,13-15,18-19H,4-5,8-12,16H2,1-2H3,(H,28,32). The Hall–Kier alpha value is -2.82. The van der Waals surface area contributed by atoms with Crippen LogP contribution in [0.2, 0.25) is 5.02 Å². The predicted octanol–water partition coefficient (Wildman–Crippen LogP) is 3.12. The number of sulfonamides is 1. The van der Waals surface area contributed by atoms with E-state index in [1.807, 2.05) is 29.2 Å². The molecule has 0 spiro atoms. The number of anilines is 2. The molecule has 2 amide bonds. The number of hydrogen-bond donors (Lipinski definition) is 1. The summed E-state index contributed by atoms with van der Waals surface area (Å²) in [5.41, 5.74) is 2.01. The third-order valence-electron chi connectivity index (χ3n) is 7.32. The molecule has 1 N–H and O–H groups in total. The second-order valence-electron chi connectivity index (χ2n) is 9.86. The van der Waals surface area contributed by atoms with E-state index >= 15 is 0 Å². The van der Waals surface area contributed by atoms with Gasteiger partial charge < -0.3 is 19.9 Å². The average molecular weight is 547 g/mol.